The molecule has 0 radical (unpaired) electrons. The van der Waals surface area contributed by atoms with E-state index in [9.17, 15) is 28.0 Å². The molecular weight excluding hydrogens is 468 g/mol. The summed E-state index contributed by atoms with van der Waals surface area (Å²) in [5.41, 5.74) is 2.97. The molecule has 4 rings (SSSR count). The summed E-state index contributed by atoms with van der Waals surface area (Å²) in [6, 6.07) is 16.9. The molecule has 7 nitrogen and oxygen atoms in total. The number of carbonyl (C=O) groups is 4. The van der Waals surface area contributed by atoms with E-state index >= 15 is 0 Å². The van der Waals surface area contributed by atoms with E-state index in [0.717, 1.165) is 33.7 Å². The number of nitrogens with zero attached hydrogens (tertiary/aromatic N) is 1. The highest BCUT2D eigenvalue weighted by atomic mass is 19.1. The van der Waals surface area contributed by atoms with Crippen molar-refractivity contribution in [1.82, 2.24) is 5.32 Å². The van der Waals surface area contributed by atoms with Gasteiger partial charge in [0.15, 0.2) is 0 Å². The maximum Gasteiger partial charge on any atom is 0.295 e. The van der Waals surface area contributed by atoms with Gasteiger partial charge in [-0.3, -0.25) is 19.2 Å². The molecule has 3 amide bonds. The minimum absolute atomic E-state index is 0.164. The second-order valence-corrected chi connectivity index (χ2v) is 8.54. The zero-order valence-electron chi connectivity index (χ0n) is 19.5. The Bertz CT molecular complexity index is 1360. The van der Waals surface area contributed by atoms with E-state index in [1.807, 2.05) is 36.4 Å². The van der Waals surface area contributed by atoms with Crippen LogP contribution in [-0.4, -0.2) is 30.0 Å². The van der Waals surface area contributed by atoms with E-state index in [1.54, 1.807) is 19.1 Å². The Hall–Kier alpha value is -4.40. The SMILES string of the molecule is CC(=O)Nc1ccc(-c2cccc(C(C)NC(=O)C3CN(c4ccc(F)cc4F)C(=O)C3=O)c2)cc1. The Morgan fingerprint density at radius 2 is 1.69 bits per heavy atom. The number of benzene rings is 3. The van der Waals surface area contributed by atoms with Crippen LogP contribution in [0, 0.1) is 17.6 Å². The van der Waals surface area contributed by atoms with Crippen molar-refractivity contribution in [3.8, 4) is 11.1 Å². The van der Waals surface area contributed by atoms with E-state index in [1.165, 1.54) is 6.92 Å². The molecule has 0 aliphatic carbocycles. The van der Waals surface area contributed by atoms with E-state index < -0.39 is 41.2 Å². The van der Waals surface area contributed by atoms with Gasteiger partial charge in [0.05, 0.1) is 11.7 Å². The summed E-state index contributed by atoms with van der Waals surface area (Å²) >= 11 is 0. The van der Waals surface area contributed by atoms with Crippen molar-refractivity contribution < 1.29 is 28.0 Å². The second kappa shape index (κ2) is 10.1. The van der Waals surface area contributed by atoms with E-state index in [-0.39, 0.29) is 18.1 Å². The fourth-order valence-electron chi connectivity index (χ4n) is 4.07. The topological polar surface area (TPSA) is 95.6 Å². The number of hydrogen-bond acceptors (Lipinski definition) is 4. The first-order valence-corrected chi connectivity index (χ1v) is 11.2. The van der Waals surface area contributed by atoms with Gasteiger partial charge in [-0.1, -0.05) is 30.3 Å². The van der Waals surface area contributed by atoms with E-state index in [0.29, 0.717) is 11.8 Å². The first kappa shape index (κ1) is 24.7. The van der Waals surface area contributed by atoms with Gasteiger partial charge in [0, 0.05) is 25.2 Å². The number of halogens is 2. The van der Waals surface area contributed by atoms with Crippen molar-refractivity contribution in [2.45, 2.75) is 19.9 Å². The Morgan fingerprint density at radius 1 is 0.972 bits per heavy atom. The van der Waals surface area contributed by atoms with Crippen LogP contribution in [0.4, 0.5) is 20.2 Å². The molecule has 0 aromatic heterocycles. The van der Waals surface area contributed by atoms with Crippen LogP contribution in [0.25, 0.3) is 11.1 Å². The molecule has 1 aliphatic rings. The highest BCUT2D eigenvalue weighted by Crippen LogP contribution is 2.28. The van der Waals surface area contributed by atoms with Crippen molar-refractivity contribution in [2.24, 2.45) is 5.92 Å². The Labute approximate surface area is 206 Å². The lowest BCUT2D eigenvalue weighted by atomic mass is 9.99. The highest BCUT2D eigenvalue weighted by Gasteiger charge is 2.44. The third-order valence-corrected chi connectivity index (χ3v) is 5.94. The lowest BCUT2D eigenvalue weighted by Gasteiger charge is -2.19. The summed E-state index contributed by atoms with van der Waals surface area (Å²) in [4.78, 5) is 49.8. The number of amides is 3. The van der Waals surface area contributed by atoms with E-state index in [4.69, 9.17) is 0 Å². The van der Waals surface area contributed by atoms with Crippen molar-refractivity contribution in [1.29, 1.82) is 0 Å². The molecule has 1 fully saturated rings. The minimum Gasteiger partial charge on any atom is -0.349 e. The van der Waals surface area contributed by atoms with Crippen molar-refractivity contribution in [3.63, 3.8) is 0 Å². The zero-order chi connectivity index (χ0) is 26.0. The number of nitrogens with one attached hydrogen (secondary N) is 2. The van der Waals surface area contributed by atoms with Crippen LogP contribution in [0.2, 0.25) is 0 Å². The molecular formula is C27H23F2N3O4. The summed E-state index contributed by atoms with van der Waals surface area (Å²) in [5.74, 6) is -5.90. The smallest absolute Gasteiger partial charge is 0.295 e. The number of ketones is 1. The second-order valence-electron chi connectivity index (χ2n) is 8.54. The van der Waals surface area contributed by atoms with Gasteiger partial charge in [-0.2, -0.15) is 0 Å². The third-order valence-electron chi connectivity index (χ3n) is 5.94. The third kappa shape index (κ3) is 5.14. The van der Waals surface area contributed by atoms with E-state index in [2.05, 4.69) is 10.6 Å². The van der Waals surface area contributed by atoms with Gasteiger partial charge in [0.25, 0.3) is 5.91 Å². The molecule has 1 saturated heterocycles. The van der Waals surface area contributed by atoms with Crippen LogP contribution < -0.4 is 15.5 Å². The van der Waals surface area contributed by atoms with Gasteiger partial charge in [0.1, 0.15) is 17.6 Å². The van der Waals surface area contributed by atoms with Crippen LogP contribution in [-0.2, 0) is 19.2 Å². The van der Waals surface area contributed by atoms with Crippen molar-refractivity contribution in [3.05, 3.63) is 83.9 Å². The first-order valence-electron chi connectivity index (χ1n) is 11.2. The zero-order valence-corrected chi connectivity index (χ0v) is 19.5. The lowest BCUT2D eigenvalue weighted by Crippen LogP contribution is -2.37. The van der Waals surface area contributed by atoms with Crippen molar-refractivity contribution in [2.75, 3.05) is 16.8 Å². The molecule has 2 atom stereocenters. The Balaban J connectivity index is 1.46. The fourth-order valence-corrected chi connectivity index (χ4v) is 4.07. The van der Waals surface area contributed by atoms with Gasteiger partial charge >= 0.3 is 0 Å². The monoisotopic (exact) mass is 491 g/mol. The molecule has 3 aromatic rings. The summed E-state index contributed by atoms with van der Waals surface area (Å²) in [6.07, 6.45) is 0. The summed E-state index contributed by atoms with van der Waals surface area (Å²) < 4.78 is 27.4. The van der Waals surface area contributed by atoms with Gasteiger partial charge in [0.2, 0.25) is 17.6 Å². The van der Waals surface area contributed by atoms with Crippen LogP contribution in [0.1, 0.15) is 25.5 Å². The number of hydrogen-bond donors (Lipinski definition) is 2. The van der Waals surface area contributed by atoms with Crippen molar-refractivity contribution >= 4 is 34.9 Å². The predicted molar refractivity (Wildman–Crippen MR) is 130 cm³/mol. The van der Waals surface area contributed by atoms with Gasteiger partial charge in [-0.25, -0.2) is 8.78 Å². The van der Waals surface area contributed by atoms with Crippen LogP contribution >= 0.6 is 0 Å². The summed E-state index contributed by atoms with van der Waals surface area (Å²) in [5, 5.41) is 5.46. The number of rotatable bonds is 6. The average Bonchev–Trinajstić information content (AvgIpc) is 3.13. The van der Waals surface area contributed by atoms with Crippen LogP contribution in [0.5, 0.6) is 0 Å². The molecule has 0 saturated carbocycles. The number of anilines is 2. The Kier molecular flexibility index (Phi) is 6.91. The van der Waals surface area contributed by atoms with Crippen LogP contribution in [0.15, 0.2) is 66.7 Å². The Morgan fingerprint density at radius 3 is 2.36 bits per heavy atom. The predicted octanol–water partition coefficient (Wildman–Crippen LogP) is 4.00. The average molecular weight is 491 g/mol. The molecule has 1 aliphatic heterocycles. The number of carbonyl (C=O) groups excluding carboxylic acids is 4. The standard InChI is InChI=1S/C27H23F2N3O4/c1-15(18-4-3-5-19(12-18)17-6-9-21(10-7-17)31-16(2)33)30-26(35)22-14-32(27(36)25(22)34)24-11-8-20(28)13-23(24)29/h3-13,15,22H,14H2,1-2H3,(H,30,35)(H,31,33). The molecule has 0 bridgehead atoms. The van der Waals surface area contributed by atoms with Gasteiger partial charge < -0.3 is 15.5 Å². The van der Waals surface area contributed by atoms with Gasteiger partial charge in [-0.05, 0) is 53.9 Å². The van der Waals surface area contributed by atoms with Crippen LogP contribution in [0.3, 0.4) is 0 Å². The molecule has 2 unspecified atom stereocenters. The maximum atomic E-state index is 14.2. The normalized spacial score (nSPS) is 16.1. The van der Waals surface area contributed by atoms with Gasteiger partial charge in [-0.15, -0.1) is 0 Å². The summed E-state index contributed by atoms with van der Waals surface area (Å²) in [7, 11) is 0. The largest absolute Gasteiger partial charge is 0.349 e. The molecule has 1 heterocycles. The molecule has 9 heteroatoms. The first-order chi connectivity index (χ1) is 17.1. The fraction of sp³-hybridized carbons (Fsp3) is 0.185. The maximum absolute atomic E-state index is 14.2. The molecule has 3 aromatic carbocycles. The minimum atomic E-state index is -1.31. The molecule has 2 N–H and O–H groups in total. The lowest BCUT2D eigenvalue weighted by molar-refractivity contribution is -0.139. The summed E-state index contributed by atoms with van der Waals surface area (Å²) in [6.45, 7) is 2.84. The highest BCUT2D eigenvalue weighted by molar-refractivity contribution is 6.47. The molecule has 0 spiro atoms. The quantitative estimate of drug-likeness (QED) is 0.403. The molecule has 36 heavy (non-hydrogen) atoms. The number of Topliss-reactive ketones (excluding diaryl/α,β-unsaturated/α-hetero) is 1. The molecule has 184 valence electrons.